The molecule has 0 saturated heterocycles. The van der Waals surface area contributed by atoms with Gasteiger partial charge in [0.25, 0.3) is 0 Å². The number of thiophene rings is 1. The molecule has 0 aliphatic heterocycles. The summed E-state index contributed by atoms with van der Waals surface area (Å²) in [6, 6.07) is 27.7. The van der Waals surface area contributed by atoms with Crippen molar-refractivity contribution in [2.75, 3.05) is 0 Å². The van der Waals surface area contributed by atoms with Crippen LogP contribution in [0.2, 0.25) is 0 Å². The third kappa shape index (κ3) is 2.20. The third-order valence-electron chi connectivity index (χ3n) is 5.39. The Balaban J connectivity index is 1.72. The summed E-state index contributed by atoms with van der Waals surface area (Å²) < 4.78 is 2.59. The number of aromatic nitrogens is 2. The molecule has 0 fully saturated rings. The molecule has 0 saturated carbocycles. The molecule has 0 amide bonds. The highest BCUT2D eigenvalue weighted by Gasteiger charge is 2.15. The summed E-state index contributed by atoms with van der Waals surface area (Å²) in [5.41, 5.74) is 5.02. The summed E-state index contributed by atoms with van der Waals surface area (Å²) in [5, 5.41) is 4.94. The zero-order chi connectivity index (χ0) is 18.7. The minimum Gasteiger partial charge on any atom is -0.249 e. The maximum absolute atomic E-state index is 5.14. The Labute approximate surface area is 166 Å². The van der Waals surface area contributed by atoms with E-state index in [0.29, 0.717) is 0 Å². The van der Waals surface area contributed by atoms with Crippen LogP contribution in [0.3, 0.4) is 0 Å². The van der Waals surface area contributed by atoms with Gasteiger partial charge >= 0.3 is 0 Å². The molecule has 0 N–H and O–H groups in total. The summed E-state index contributed by atoms with van der Waals surface area (Å²) in [6.45, 7) is 2.06. The lowest BCUT2D eigenvalue weighted by Crippen LogP contribution is -1.95. The maximum atomic E-state index is 5.14. The van der Waals surface area contributed by atoms with Crippen LogP contribution in [-0.4, -0.2) is 9.97 Å². The monoisotopic (exact) mass is 376 g/mol. The van der Waals surface area contributed by atoms with Crippen molar-refractivity contribution in [1.29, 1.82) is 0 Å². The summed E-state index contributed by atoms with van der Waals surface area (Å²) in [6.07, 6.45) is 0. The van der Waals surface area contributed by atoms with Crippen molar-refractivity contribution in [3.8, 4) is 11.3 Å². The van der Waals surface area contributed by atoms with Crippen molar-refractivity contribution < 1.29 is 0 Å². The molecule has 3 heteroatoms. The maximum Gasteiger partial charge on any atom is 0.0972 e. The van der Waals surface area contributed by atoms with Crippen LogP contribution in [0.5, 0.6) is 0 Å². The number of aryl methyl sites for hydroxylation is 1. The lowest BCUT2D eigenvalue weighted by atomic mass is 10.0. The van der Waals surface area contributed by atoms with Crippen LogP contribution in [-0.2, 0) is 0 Å². The second kappa shape index (κ2) is 5.85. The summed E-state index contributed by atoms with van der Waals surface area (Å²) in [5.74, 6) is 0. The number of hydrogen-bond donors (Lipinski definition) is 0. The van der Waals surface area contributed by atoms with Gasteiger partial charge in [-0.25, -0.2) is 9.97 Å². The number of nitrogens with zero attached hydrogens (tertiary/aromatic N) is 2. The van der Waals surface area contributed by atoms with Gasteiger partial charge in [0, 0.05) is 31.1 Å². The van der Waals surface area contributed by atoms with Gasteiger partial charge in [-0.05, 0) is 24.4 Å². The predicted molar refractivity (Wildman–Crippen MR) is 120 cm³/mol. The molecule has 0 aliphatic rings. The van der Waals surface area contributed by atoms with Crippen molar-refractivity contribution in [3.05, 3.63) is 84.6 Å². The van der Waals surface area contributed by atoms with E-state index in [9.17, 15) is 0 Å². The van der Waals surface area contributed by atoms with E-state index in [0.717, 1.165) is 27.8 Å². The van der Waals surface area contributed by atoms with E-state index >= 15 is 0 Å². The van der Waals surface area contributed by atoms with Crippen molar-refractivity contribution in [3.63, 3.8) is 0 Å². The molecular weight excluding hydrogens is 360 g/mol. The molecule has 6 rings (SSSR count). The SMILES string of the molecule is Cc1nc2ccc3ccccc3c2nc1-c1cccc2c1sc1ccccc12. The Morgan fingerprint density at radius 2 is 1.46 bits per heavy atom. The topological polar surface area (TPSA) is 25.8 Å². The van der Waals surface area contributed by atoms with Crippen LogP contribution >= 0.6 is 11.3 Å². The van der Waals surface area contributed by atoms with E-state index in [1.807, 2.05) is 11.3 Å². The molecule has 6 aromatic rings. The van der Waals surface area contributed by atoms with Crippen molar-refractivity contribution in [2.24, 2.45) is 0 Å². The van der Waals surface area contributed by atoms with Crippen LogP contribution in [0.1, 0.15) is 5.69 Å². The van der Waals surface area contributed by atoms with Crippen LogP contribution < -0.4 is 0 Å². The second-order valence-electron chi connectivity index (χ2n) is 7.09. The molecular formula is C25H16N2S. The molecule has 0 atom stereocenters. The summed E-state index contributed by atoms with van der Waals surface area (Å²) in [4.78, 5) is 10.0. The van der Waals surface area contributed by atoms with Gasteiger partial charge in [-0.3, -0.25) is 0 Å². The molecule has 2 heterocycles. The zero-order valence-corrected chi connectivity index (χ0v) is 16.1. The van der Waals surface area contributed by atoms with Gasteiger partial charge in [0.1, 0.15) is 0 Å². The first-order valence-corrected chi connectivity index (χ1v) is 10.2. The smallest absolute Gasteiger partial charge is 0.0972 e. The molecule has 132 valence electrons. The third-order valence-corrected chi connectivity index (χ3v) is 6.61. The summed E-state index contributed by atoms with van der Waals surface area (Å²) >= 11 is 1.83. The van der Waals surface area contributed by atoms with E-state index in [1.54, 1.807) is 0 Å². The molecule has 2 nitrogen and oxygen atoms in total. The number of hydrogen-bond acceptors (Lipinski definition) is 3. The lowest BCUT2D eigenvalue weighted by Gasteiger charge is -2.10. The minimum atomic E-state index is 0.948. The van der Waals surface area contributed by atoms with Gasteiger partial charge in [0.15, 0.2) is 0 Å². The van der Waals surface area contributed by atoms with E-state index < -0.39 is 0 Å². The van der Waals surface area contributed by atoms with Gasteiger partial charge in [-0.1, -0.05) is 66.7 Å². The Morgan fingerprint density at radius 3 is 2.39 bits per heavy atom. The molecule has 28 heavy (non-hydrogen) atoms. The standard InChI is InChI=1S/C25H16N2S/c1-15-23(27-24-17-8-3-2-7-16(17)13-14-21(24)26-15)20-11-6-10-19-18-9-4-5-12-22(18)28-25(19)20/h2-14H,1H3. The van der Waals surface area contributed by atoms with Gasteiger partial charge in [0.2, 0.25) is 0 Å². The second-order valence-corrected chi connectivity index (χ2v) is 8.14. The van der Waals surface area contributed by atoms with Crippen molar-refractivity contribution in [1.82, 2.24) is 9.97 Å². The Morgan fingerprint density at radius 1 is 0.679 bits per heavy atom. The van der Waals surface area contributed by atoms with Gasteiger partial charge < -0.3 is 0 Å². The van der Waals surface area contributed by atoms with Gasteiger partial charge in [0.05, 0.1) is 22.4 Å². The average Bonchev–Trinajstić information content (AvgIpc) is 3.12. The first kappa shape index (κ1) is 15.7. The fraction of sp³-hybridized carbons (Fsp3) is 0.0400. The van der Waals surface area contributed by atoms with E-state index in [-0.39, 0.29) is 0 Å². The lowest BCUT2D eigenvalue weighted by molar-refractivity contribution is 1.20. The van der Waals surface area contributed by atoms with E-state index in [1.165, 1.54) is 31.1 Å². The molecule has 0 unspecified atom stereocenters. The van der Waals surface area contributed by atoms with Crippen LogP contribution in [0.15, 0.2) is 78.9 Å². The van der Waals surface area contributed by atoms with Crippen LogP contribution in [0.4, 0.5) is 0 Å². The molecule has 0 radical (unpaired) electrons. The predicted octanol–water partition coefficient (Wildman–Crippen LogP) is 7.13. The highest BCUT2D eigenvalue weighted by atomic mass is 32.1. The van der Waals surface area contributed by atoms with Gasteiger partial charge in [-0.15, -0.1) is 11.3 Å². The van der Waals surface area contributed by atoms with E-state index in [2.05, 4.69) is 85.8 Å². The fourth-order valence-corrected chi connectivity index (χ4v) is 5.28. The molecule has 0 spiro atoms. The normalized spacial score (nSPS) is 11.8. The van der Waals surface area contributed by atoms with E-state index in [4.69, 9.17) is 9.97 Å². The van der Waals surface area contributed by atoms with Crippen molar-refractivity contribution >= 4 is 53.3 Å². The van der Waals surface area contributed by atoms with Crippen LogP contribution in [0.25, 0.3) is 53.2 Å². The number of benzene rings is 4. The Hall–Kier alpha value is -3.30. The first-order valence-electron chi connectivity index (χ1n) is 9.36. The molecule has 0 aliphatic carbocycles. The quantitative estimate of drug-likeness (QED) is 0.285. The molecule has 2 aromatic heterocycles. The largest absolute Gasteiger partial charge is 0.249 e. The Kier molecular flexibility index (Phi) is 3.28. The minimum absolute atomic E-state index is 0.948. The zero-order valence-electron chi connectivity index (χ0n) is 15.3. The van der Waals surface area contributed by atoms with Gasteiger partial charge in [-0.2, -0.15) is 0 Å². The highest BCUT2D eigenvalue weighted by Crippen LogP contribution is 2.40. The number of fused-ring (bicyclic) bond motifs is 6. The Bertz CT molecular complexity index is 1530. The average molecular weight is 376 g/mol. The number of rotatable bonds is 1. The summed E-state index contributed by atoms with van der Waals surface area (Å²) in [7, 11) is 0. The van der Waals surface area contributed by atoms with Crippen molar-refractivity contribution in [2.45, 2.75) is 6.92 Å². The molecule has 0 bridgehead atoms. The van der Waals surface area contributed by atoms with Crippen LogP contribution in [0, 0.1) is 6.92 Å². The first-order chi connectivity index (χ1) is 13.8. The fourth-order valence-electron chi connectivity index (χ4n) is 4.07. The highest BCUT2D eigenvalue weighted by molar-refractivity contribution is 7.26. The molecule has 4 aromatic carbocycles.